The largest absolute Gasteiger partial charge is 0.396 e. The number of piperidine rings is 1. The second-order valence-electron chi connectivity index (χ2n) is 13.0. The summed E-state index contributed by atoms with van der Waals surface area (Å²) >= 11 is 0. The number of rotatable bonds is 19. The fourth-order valence-electron chi connectivity index (χ4n) is 6.37. The molecular formula is C39H54F2N4O4. The van der Waals surface area contributed by atoms with Gasteiger partial charge in [0.15, 0.2) is 0 Å². The molecule has 2 unspecified atom stereocenters. The number of nitrogens with one attached hydrogen (secondary N) is 2. The summed E-state index contributed by atoms with van der Waals surface area (Å²) in [6, 6.07) is 12.0. The molecule has 1 saturated heterocycles. The lowest BCUT2D eigenvalue weighted by Gasteiger charge is -2.32. The number of aliphatic hydroxyl groups is 1. The van der Waals surface area contributed by atoms with Crippen molar-refractivity contribution in [1.29, 1.82) is 0 Å². The van der Waals surface area contributed by atoms with Crippen LogP contribution in [0.25, 0.3) is 0 Å². The quantitative estimate of drug-likeness (QED) is 0.137. The Kier molecular flexibility index (Phi) is 16.4. The Morgan fingerprint density at radius 3 is 2.51 bits per heavy atom. The molecule has 0 aliphatic carbocycles. The molecule has 0 aromatic heterocycles. The van der Waals surface area contributed by atoms with Crippen molar-refractivity contribution in [1.82, 2.24) is 15.1 Å². The lowest BCUT2D eigenvalue weighted by Crippen LogP contribution is -2.40. The van der Waals surface area contributed by atoms with Crippen molar-refractivity contribution >= 4 is 23.4 Å². The Hall–Kier alpha value is -4.05. The van der Waals surface area contributed by atoms with Gasteiger partial charge >= 0.3 is 0 Å². The normalized spacial score (nSPS) is 16.1. The molecule has 0 saturated carbocycles. The first kappa shape index (κ1) is 39.4. The molecule has 3 N–H and O–H groups in total. The fraction of sp³-hybridized carbons (Fsp3) is 0.513. The maximum Gasteiger partial charge on any atom is 0.253 e. The standard InChI is InChI=1S/C39H54F2N4O4/c1-5-17-44(18-6-2)39(49)33-21-28(4)20-32(24-33)37(47)43-36(23-29(7-3)22-34(41)13-15-40)14-16-42-35-12-8-11-31(25-35)38(48)45-19-9-10-30(26-45)27-46/h7-8,11-13,20-21,24-25,29-30,36,42,46H,3,5-6,9-10,14-19,22-23,26-27H2,1-2,4H3,(H,43,47)/b34-13+/t29?,30?,36-/m1/s1. The van der Waals surface area contributed by atoms with E-state index in [0.717, 1.165) is 43.0 Å². The highest BCUT2D eigenvalue weighted by Crippen LogP contribution is 2.23. The zero-order valence-electron chi connectivity index (χ0n) is 29.4. The highest BCUT2D eigenvalue weighted by molar-refractivity contribution is 6.00. The molecular weight excluding hydrogens is 626 g/mol. The van der Waals surface area contributed by atoms with Crippen molar-refractivity contribution in [2.24, 2.45) is 11.8 Å². The number of nitrogens with zero attached hydrogens (tertiary/aromatic N) is 2. The first-order valence-electron chi connectivity index (χ1n) is 17.6. The summed E-state index contributed by atoms with van der Waals surface area (Å²) in [7, 11) is 0. The number of carbonyl (C=O) groups excluding carboxylic acids is 3. The maximum atomic E-state index is 14.3. The number of likely N-dealkylation sites (tertiary alicyclic amines) is 1. The topological polar surface area (TPSA) is 102 Å². The van der Waals surface area contributed by atoms with E-state index in [1.165, 1.54) is 0 Å². The number of anilines is 1. The molecule has 3 amide bonds. The van der Waals surface area contributed by atoms with Gasteiger partial charge in [-0.3, -0.25) is 14.4 Å². The molecule has 2 aromatic carbocycles. The number of benzene rings is 2. The Labute approximate surface area is 290 Å². The smallest absolute Gasteiger partial charge is 0.253 e. The van der Waals surface area contributed by atoms with Crippen molar-refractivity contribution < 1.29 is 28.3 Å². The Balaban J connectivity index is 1.76. The van der Waals surface area contributed by atoms with E-state index in [9.17, 15) is 28.3 Å². The average Bonchev–Trinajstić information content (AvgIpc) is 3.10. The van der Waals surface area contributed by atoms with Crippen LogP contribution in [0.5, 0.6) is 0 Å². The van der Waals surface area contributed by atoms with E-state index in [1.807, 2.05) is 32.9 Å². The SMILES string of the molecule is C=CC(C/C(F)=C\CF)C[C@@H](CCNc1cccc(C(=O)N2CCCC(CO)C2)c1)NC(=O)c1cc(C)cc(C(=O)N(CCC)CCC)c1. The van der Waals surface area contributed by atoms with Gasteiger partial charge in [0.2, 0.25) is 0 Å². The molecule has 3 rings (SSSR count). The van der Waals surface area contributed by atoms with Crippen molar-refractivity contribution in [3.8, 4) is 0 Å². The molecule has 49 heavy (non-hydrogen) atoms. The number of hydrogen-bond acceptors (Lipinski definition) is 5. The summed E-state index contributed by atoms with van der Waals surface area (Å²) < 4.78 is 27.1. The zero-order chi connectivity index (χ0) is 35.8. The molecule has 1 fully saturated rings. The highest BCUT2D eigenvalue weighted by atomic mass is 19.1. The number of allylic oxidation sites excluding steroid dienone is 3. The molecule has 268 valence electrons. The third-order valence-electron chi connectivity index (χ3n) is 8.87. The van der Waals surface area contributed by atoms with Crippen LogP contribution in [-0.2, 0) is 0 Å². The van der Waals surface area contributed by atoms with Crippen molar-refractivity contribution in [2.75, 3.05) is 51.3 Å². The van der Waals surface area contributed by atoms with Crippen LogP contribution in [0.1, 0.15) is 95.4 Å². The van der Waals surface area contributed by atoms with Gasteiger partial charge in [0, 0.05) is 74.2 Å². The summed E-state index contributed by atoms with van der Waals surface area (Å²) in [6.07, 6.45) is 6.75. The molecule has 8 nitrogen and oxygen atoms in total. The van der Waals surface area contributed by atoms with Crippen LogP contribution in [0.2, 0.25) is 0 Å². The van der Waals surface area contributed by atoms with E-state index in [1.54, 1.807) is 46.2 Å². The zero-order valence-corrected chi connectivity index (χ0v) is 29.4. The van der Waals surface area contributed by atoms with Crippen LogP contribution in [0.3, 0.4) is 0 Å². The second kappa shape index (κ2) is 20.5. The molecule has 0 bridgehead atoms. The number of hydrogen-bond donors (Lipinski definition) is 3. The monoisotopic (exact) mass is 680 g/mol. The van der Waals surface area contributed by atoms with Gasteiger partial charge in [-0.25, -0.2) is 8.78 Å². The fourth-order valence-corrected chi connectivity index (χ4v) is 6.37. The molecule has 3 atom stereocenters. The third kappa shape index (κ3) is 12.4. The molecule has 0 radical (unpaired) electrons. The molecule has 1 aliphatic heterocycles. The van der Waals surface area contributed by atoms with E-state index in [4.69, 9.17) is 0 Å². The first-order valence-corrected chi connectivity index (χ1v) is 17.6. The minimum Gasteiger partial charge on any atom is -0.396 e. The number of aliphatic hydroxyl groups excluding tert-OH is 1. The van der Waals surface area contributed by atoms with Gasteiger partial charge in [-0.2, -0.15) is 0 Å². The van der Waals surface area contributed by atoms with Gasteiger partial charge in [0.25, 0.3) is 17.7 Å². The van der Waals surface area contributed by atoms with E-state index >= 15 is 0 Å². The van der Waals surface area contributed by atoms with Crippen LogP contribution in [-0.4, -0.2) is 84.7 Å². The lowest BCUT2D eigenvalue weighted by atomic mass is 9.93. The average molecular weight is 681 g/mol. The number of carbonyl (C=O) groups is 3. The van der Waals surface area contributed by atoms with E-state index in [0.29, 0.717) is 62.3 Å². The minimum atomic E-state index is -0.899. The van der Waals surface area contributed by atoms with Gasteiger partial charge in [0.05, 0.1) is 5.83 Å². The van der Waals surface area contributed by atoms with Crippen LogP contribution in [0.4, 0.5) is 14.5 Å². The summed E-state index contributed by atoms with van der Waals surface area (Å²) in [6.45, 7) is 11.8. The summed E-state index contributed by atoms with van der Waals surface area (Å²) in [5.41, 5.74) is 2.90. The van der Waals surface area contributed by atoms with Crippen LogP contribution in [0.15, 0.2) is 67.0 Å². The van der Waals surface area contributed by atoms with Crippen LogP contribution >= 0.6 is 0 Å². The second-order valence-corrected chi connectivity index (χ2v) is 13.0. The number of halogens is 2. The number of aryl methyl sites for hydroxylation is 1. The van der Waals surface area contributed by atoms with Crippen LogP contribution in [0, 0.1) is 18.8 Å². The maximum absolute atomic E-state index is 14.3. The van der Waals surface area contributed by atoms with Crippen LogP contribution < -0.4 is 10.6 Å². The van der Waals surface area contributed by atoms with Gasteiger partial charge in [0.1, 0.15) is 6.67 Å². The molecule has 10 heteroatoms. The number of alkyl halides is 1. The molecule has 2 aromatic rings. The lowest BCUT2D eigenvalue weighted by molar-refractivity contribution is 0.0620. The Morgan fingerprint density at radius 2 is 1.84 bits per heavy atom. The van der Waals surface area contributed by atoms with E-state index in [-0.39, 0.29) is 42.6 Å². The molecule has 0 spiro atoms. The molecule has 1 aliphatic rings. The van der Waals surface area contributed by atoms with Crippen molar-refractivity contribution in [3.05, 3.63) is 89.3 Å². The molecule has 1 heterocycles. The third-order valence-corrected chi connectivity index (χ3v) is 8.87. The van der Waals surface area contributed by atoms with Crippen molar-refractivity contribution in [3.63, 3.8) is 0 Å². The van der Waals surface area contributed by atoms with Gasteiger partial charge in [-0.1, -0.05) is 26.0 Å². The summed E-state index contributed by atoms with van der Waals surface area (Å²) in [5, 5.41) is 16.0. The highest BCUT2D eigenvalue weighted by Gasteiger charge is 2.25. The van der Waals surface area contributed by atoms with E-state index < -0.39 is 18.5 Å². The first-order chi connectivity index (χ1) is 23.6. The minimum absolute atomic E-state index is 0.0290. The number of amides is 3. The van der Waals surface area contributed by atoms with Gasteiger partial charge < -0.3 is 25.5 Å². The Bertz CT molecular complexity index is 1430. The summed E-state index contributed by atoms with van der Waals surface area (Å²) in [4.78, 5) is 43.8. The Morgan fingerprint density at radius 1 is 1.10 bits per heavy atom. The van der Waals surface area contributed by atoms with Gasteiger partial charge in [-0.05, 0) is 105 Å². The van der Waals surface area contributed by atoms with E-state index in [2.05, 4.69) is 17.2 Å². The van der Waals surface area contributed by atoms with Crippen molar-refractivity contribution in [2.45, 2.75) is 71.8 Å². The van der Waals surface area contributed by atoms with Gasteiger partial charge in [-0.15, -0.1) is 6.58 Å². The predicted octanol–water partition coefficient (Wildman–Crippen LogP) is 7.11. The summed E-state index contributed by atoms with van der Waals surface area (Å²) in [5.74, 6) is -1.37. The predicted molar refractivity (Wildman–Crippen MR) is 192 cm³/mol.